The molecule has 25 heavy (non-hydrogen) atoms. The van der Waals surface area contributed by atoms with Crippen LogP contribution in [-0.4, -0.2) is 21.0 Å². The molecule has 0 radical (unpaired) electrons. The minimum Gasteiger partial charge on any atom is -0.339 e. The molecule has 1 N–H and O–H groups in total. The molecule has 7 heteroatoms. The number of amides is 1. The number of hydrogen-bond acceptors (Lipinski definition) is 6. The van der Waals surface area contributed by atoms with Crippen LogP contribution in [0.3, 0.4) is 0 Å². The molecule has 3 aromatic rings. The van der Waals surface area contributed by atoms with E-state index >= 15 is 0 Å². The van der Waals surface area contributed by atoms with Gasteiger partial charge in [0, 0.05) is 23.8 Å². The maximum absolute atomic E-state index is 12.0. The molecule has 0 spiro atoms. The Balaban J connectivity index is 1.46. The summed E-state index contributed by atoms with van der Waals surface area (Å²) in [6.07, 6.45) is 1.60. The summed E-state index contributed by atoms with van der Waals surface area (Å²) in [5, 5.41) is 9.44. The first-order chi connectivity index (χ1) is 12.1. The Kier molecular flexibility index (Phi) is 5.55. The number of thiazole rings is 1. The predicted molar refractivity (Wildman–Crippen MR) is 97.5 cm³/mol. The topological polar surface area (TPSA) is 80.9 Å². The highest BCUT2D eigenvalue weighted by Gasteiger charge is 2.11. The number of aromatic nitrogens is 3. The molecule has 0 aliphatic rings. The first kappa shape index (κ1) is 17.3. The number of rotatable bonds is 7. The molecular weight excluding hydrogens is 336 g/mol. The van der Waals surface area contributed by atoms with Gasteiger partial charge in [-0.2, -0.15) is 4.98 Å². The van der Waals surface area contributed by atoms with Crippen molar-refractivity contribution in [3.8, 4) is 11.4 Å². The summed E-state index contributed by atoms with van der Waals surface area (Å²) in [5.74, 6) is 1.43. The molecule has 0 bridgehead atoms. The lowest BCUT2D eigenvalue weighted by molar-refractivity contribution is -0.116. The molecule has 130 valence electrons. The van der Waals surface area contributed by atoms with Gasteiger partial charge in [-0.25, -0.2) is 4.98 Å². The molecule has 0 saturated heterocycles. The van der Waals surface area contributed by atoms with Crippen molar-refractivity contribution in [1.29, 1.82) is 0 Å². The standard InChI is InChI=1S/C18H20N4O2S/c1-12(2)14-11-25-18(19-14)20-15(23)9-6-10-16-21-17(22-24-16)13-7-4-3-5-8-13/h3-5,7-8,11-12H,6,9-10H2,1-2H3,(H,19,20,23). The third kappa shape index (κ3) is 4.73. The van der Waals surface area contributed by atoms with Gasteiger partial charge in [0.2, 0.25) is 17.6 Å². The molecule has 0 saturated carbocycles. The summed E-state index contributed by atoms with van der Waals surface area (Å²) in [4.78, 5) is 20.8. The van der Waals surface area contributed by atoms with Gasteiger partial charge in [0.1, 0.15) is 0 Å². The fourth-order valence-electron chi connectivity index (χ4n) is 2.25. The van der Waals surface area contributed by atoms with E-state index in [1.165, 1.54) is 11.3 Å². The number of carbonyl (C=O) groups excluding carboxylic acids is 1. The highest BCUT2D eigenvalue weighted by Crippen LogP contribution is 2.21. The maximum Gasteiger partial charge on any atom is 0.226 e. The lowest BCUT2D eigenvalue weighted by Crippen LogP contribution is -2.11. The molecule has 6 nitrogen and oxygen atoms in total. The molecule has 2 heterocycles. The van der Waals surface area contributed by atoms with Gasteiger partial charge in [-0.3, -0.25) is 4.79 Å². The molecule has 0 fully saturated rings. The van der Waals surface area contributed by atoms with Crippen molar-refractivity contribution < 1.29 is 9.32 Å². The number of hydrogen-bond donors (Lipinski definition) is 1. The first-order valence-electron chi connectivity index (χ1n) is 8.25. The Labute approximate surface area is 150 Å². The zero-order valence-electron chi connectivity index (χ0n) is 14.2. The van der Waals surface area contributed by atoms with E-state index in [1.807, 2.05) is 35.7 Å². The maximum atomic E-state index is 12.0. The van der Waals surface area contributed by atoms with E-state index in [1.54, 1.807) is 0 Å². The van der Waals surface area contributed by atoms with Gasteiger partial charge in [0.15, 0.2) is 5.13 Å². The van der Waals surface area contributed by atoms with Crippen LogP contribution in [0.2, 0.25) is 0 Å². The average Bonchev–Trinajstić information content (AvgIpc) is 3.25. The largest absolute Gasteiger partial charge is 0.339 e. The van der Waals surface area contributed by atoms with Crippen LogP contribution < -0.4 is 5.32 Å². The van der Waals surface area contributed by atoms with Gasteiger partial charge in [-0.15, -0.1) is 11.3 Å². The van der Waals surface area contributed by atoms with Crippen molar-refractivity contribution in [1.82, 2.24) is 15.1 Å². The smallest absolute Gasteiger partial charge is 0.226 e. The first-order valence-corrected chi connectivity index (χ1v) is 9.13. The zero-order chi connectivity index (χ0) is 17.6. The van der Waals surface area contributed by atoms with Crippen LogP contribution in [-0.2, 0) is 11.2 Å². The highest BCUT2D eigenvalue weighted by atomic mass is 32.1. The summed E-state index contributed by atoms with van der Waals surface area (Å²) in [6.45, 7) is 4.16. The van der Waals surface area contributed by atoms with Crippen LogP contribution in [0, 0.1) is 0 Å². The van der Waals surface area contributed by atoms with E-state index in [9.17, 15) is 4.79 Å². The van der Waals surface area contributed by atoms with Crippen molar-refractivity contribution >= 4 is 22.4 Å². The third-order valence-electron chi connectivity index (χ3n) is 3.65. The van der Waals surface area contributed by atoms with Crippen LogP contribution in [0.1, 0.15) is 44.2 Å². The van der Waals surface area contributed by atoms with E-state index in [-0.39, 0.29) is 5.91 Å². The van der Waals surface area contributed by atoms with Gasteiger partial charge >= 0.3 is 0 Å². The number of aryl methyl sites for hydroxylation is 1. The Hall–Kier alpha value is -2.54. The van der Waals surface area contributed by atoms with Crippen molar-refractivity contribution in [2.45, 2.75) is 39.0 Å². The number of nitrogens with zero attached hydrogens (tertiary/aromatic N) is 3. The number of anilines is 1. The Morgan fingerprint density at radius 1 is 1.24 bits per heavy atom. The Morgan fingerprint density at radius 2 is 2.04 bits per heavy atom. The Bertz CT molecular complexity index is 826. The fourth-order valence-corrected chi connectivity index (χ4v) is 3.14. The molecule has 2 aromatic heterocycles. The molecule has 0 unspecified atom stereocenters. The lowest BCUT2D eigenvalue weighted by Gasteiger charge is -2.01. The van der Waals surface area contributed by atoms with E-state index in [4.69, 9.17) is 4.52 Å². The number of benzene rings is 1. The minimum absolute atomic E-state index is 0.0487. The van der Waals surface area contributed by atoms with E-state index in [0.29, 0.717) is 42.0 Å². The zero-order valence-corrected chi connectivity index (χ0v) is 15.0. The van der Waals surface area contributed by atoms with E-state index < -0.39 is 0 Å². The normalized spacial score (nSPS) is 11.0. The summed E-state index contributed by atoms with van der Waals surface area (Å²) >= 11 is 1.45. The summed E-state index contributed by atoms with van der Waals surface area (Å²) in [5.41, 5.74) is 1.92. The van der Waals surface area contributed by atoms with Gasteiger partial charge < -0.3 is 9.84 Å². The molecule has 1 amide bonds. The van der Waals surface area contributed by atoms with Crippen molar-refractivity contribution in [2.75, 3.05) is 5.32 Å². The number of carbonyl (C=O) groups is 1. The minimum atomic E-state index is -0.0487. The van der Waals surface area contributed by atoms with Crippen LogP contribution in [0.25, 0.3) is 11.4 Å². The van der Waals surface area contributed by atoms with Crippen LogP contribution in [0.5, 0.6) is 0 Å². The molecule has 3 rings (SSSR count). The quantitative estimate of drug-likeness (QED) is 0.683. The van der Waals surface area contributed by atoms with Crippen molar-refractivity contribution in [3.63, 3.8) is 0 Å². The van der Waals surface area contributed by atoms with Gasteiger partial charge in [0.25, 0.3) is 0 Å². The predicted octanol–water partition coefficient (Wildman–Crippen LogP) is 4.28. The monoisotopic (exact) mass is 356 g/mol. The van der Waals surface area contributed by atoms with Gasteiger partial charge in [0.05, 0.1) is 5.69 Å². The van der Waals surface area contributed by atoms with Crippen LogP contribution in [0.15, 0.2) is 40.2 Å². The highest BCUT2D eigenvalue weighted by molar-refractivity contribution is 7.13. The molecule has 1 aromatic carbocycles. The Morgan fingerprint density at radius 3 is 2.76 bits per heavy atom. The van der Waals surface area contributed by atoms with Gasteiger partial charge in [-0.1, -0.05) is 49.3 Å². The summed E-state index contributed by atoms with van der Waals surface area (Å²) < 4.78 is 5.25. The lowest BCUT2D eigenvalue weighted by atomic mass is 10.2. The molecule has 0 atom stereocenters. The van der Waals surface area contributed by atoms with Gasteiger partial charge in [-0.05, 0) is 12.3 Å². The average molecular weight is 356 g/mol. The van der Waals surface area contributed by atoms with Crippen LogP contribution in [0.4, 0.5) is 5.13 Å². The molecular formula is C18H20N4O2S. The van der Waals surface area contributed by atoms with Crippen molar-refractivity contribution in [2.24, 2.45) is 0 Å². The van der Waals surface area contributed by atoms with Crippen molar-refractivity contribution in [3.05, 3.63) is 47.3 Å². The summed E-state index contributed by atoms with van der Waals surface area (Å²) in [7, 11) is 0. The SMILES string of the molecule is CC(C)c1csc(NC(=O)CCCc2nc(-c3ccccc3)no2)n1. The molecule has 0 aliphatic heterocycles. The fraction of sp³-hybridized carbons (Fsp3) is 0.333. The number of nitrogens with one attached hydrogen (secondary N) is 1. The summed E-state index contributed by atoms with van der Waals surface area (Å²) in [6, 6.07) is 9.66. The van der Waals surface area contributed by atoms with E-state index in [0.717, 1.165) is 11.3 Å². The van der Waals surface area contributed by atoms with E-state index in [2.05, 4.69) is 34.3 Å². The second kappa shape index (κ2) is 8.02. The second-order valence-electron chi connectivity index (χ2n) is 6.01. The second-order valence-corrected chi connectivity index (χ2v) is 6.87. The van der Waals surface area contributed by atoms with Crippen LogP contribution >= 0.6 is 11.3 Å². The third-order valence-corrected chi connectivity index (χ3v) is 4.43. The molecule has 0 aliphatic carbocycles.